The lowest BCUT2D eigenvalue weighted by Gasteiger charge is -2.24. The fourth-order valence-corrected chi connectivity index (χ4v) is 3.62. The van der Waals surface area contributed by atoms with Crippen molar-refractivity contribution in [2.45, 2.75) is 44.4 Å². The zero-order valence-corrected chi connectivity index (χ0v) is 10.1. The topological polar surface area (TPSA) is 76.2 Å². The van der Waals surface area contributed by atoms with Crippen LogP contribution >= 0.6 is 11.3 Å². The maximum atomic E-state index is 10.9. The van der Waals surface area contributed by atoms with Gasteiger partial charge in [0, 0.05) is 5.41 Å². The summed E-state index contributed by atoms with van der Waals surface area (Å²) < 4.78 is 0. The fraction of sp³-hybridized carbons (Fsp3) is 0.636. The van der Waals surface area contributed by atoms with Crippen LogP contribution < -0.4 is 5.73 Å². The van der Waals surface area contributed by atoms with Gasteiger partial charge in [0.15, 0.2) is 5.69 Å². The molecule has 1 aliphatic rings. The van der Waals surface area contributed by atoms with E-state index in [1.165, 1.54) is 24.2 Å². The first-order chi connectivity index (χ1) is 7.59. The van der Waals surface area contributed by atoms with E-state index in [0.29, 0.717) is 5.00 Å². The Bertz CT molecular complexity index is 408. The Kier molecular flexibility index (Phi) is 2.88. The standard InChI is InChI=1S/C11H16N2O2S/c1-2-11(5-3-4-6-11)10-13-7(9(14)15)8(12)16-10/h2-6,12H2,1H3,(H,14,15). The molecule has 1 aliphatic carbocycles. The molecule has 1 saturated carbocycles. The molecule has 5 heteroatoms. The Balaban J connectivity index is 2.39. The van der Waals surface area contributed by atoms with Crippen molar-refractivity contribution in [2.24, 2.45) is 0 Å². The van der Waals surface area contributed by atoms with E-state index < -0.39 is 5.97 Å². The smallest absolute Gasteiger partial charge is 0.357 e. The Morgan fingerprint density at radius 2 is 2.19 bits per heavy atom. The SMILES string of the molecule is CCC1(c2nc(C(=O)O)c(N)s2)CCCC1. The largest absolute Gasteiger partial charge is 0.476 e. The maximum absolute atomic E-state index is 10.9. The van der Waals surface area contributed by atoms with Crippen LogP contribution in [0.4, 0.5) is 5.00 Å². The van der Waals surface area contributed by atoms with E-state index in [2.05, 4.69) is 11.9 Å². The molecule has 0 radical (unpaired) electrons. The summed E-state index contributed by atoms with van der Waals surface area (Å²) in [5.41, 5.74) is 5.82. The lowest BCUT2D eigenvalue weighted by Crippen LogP contribution is -2.20. The van der Waals surface area contributed by atoms with Crippen molar-refractivity contribution >= 4 is 22.3 Å². The molecule has 0 aromatic carbocycles. The third kappa shape index (κ3) is 1.69. The molecule has 2 rings (SSSR count). The predicted molar refractivity (Wildman–Crippen MR) is 63.9 cm³/mol. The molecule has 0 saturated heterocycles. The Morgan fingerprint density at radius 1 is 1.56 bits per heavy atom. The summed E-state index contributed by atoms with van der Waals surface area (Å²) in [6.07, 6.45) is 5.63. The lowest BCUT2D eigenvalue weighted by atomic mass is 9.84. The van der Waals surface area contributed by atoms with Crippen molar-refractivity contribution in [3.05, 3.63) is 10.7 Å². The molecule has 0 atom stereocenters. The van der Waals surface area contributed by atoms with Crippen LogP contribution in [0.15, 0.2) is 0 Å². The van der Waals surface area contributed by atoms with Gasteiger partial charge < -0.3 is 10.8 Å². The molecule has 1 aromatic heterocycles. The highest BCUT2D eigenvalue weighted by Gasteiger charge is 2.37. The van der Waals surface area contributed by atoms with E-state index in [1.54, 1.807) is 0 Å². The fourth-order valence-electron chi connectivity index (χ4n) is 2.48. The van der Waals surface area contributed by atoms with Crippen molar-refractivity contribution < 1.29 is 9.90 Å². The molecule has 0 spiro atoms. The van der Waals surface area contributed by atoms with Gasteiger partial charge in [-0.25, -0.2) is 9.78 Å². The molecule has 1 aromatic rings. The third-order valence-electron chi connectivity index (χ3n) is 3.55. The van der Waals surface area contributed by atoms with E-state index in [1.807, 2.05) is 0 Å². The van der Waals surface area contributed by atoms with Gasteiger partial charge in [-0.3, -0.25) is 0 Å². The first-order valence-electron chi connectivity index (χ1n) is 5.59. The van der Waals surface area contributed by atoms with E-state index >= 15 is 0 Å². The van der Waals surface area contributed by atoms with Crippen molar-refractivity contribution in [1.82, 2.24) is 4.98 Å². The van der Waals surface area contributed by atoms with Gasteiger partial charge in [-0.2, -0.15) is 0 Å². The van der Waals surface area contributed by atoms with E-state index in [0.717, 1.165) is 24.3 Å². The van der Waals surface area contributed by atoms with Crippen molar-refractivity contribution in [3.63, 3.8) is 0 Å². The Hall–Kier alpha value is -1.10. The minimum atomic E-state index is -1.02. The molecule has 0 amide bonds. The maximum Gasteiger partial charge on any atom is 0.357 e. The number of aromatic carboxylic acids is 1. The number of carboxylic acid groups (broad SMARTS) is 1. The van der Waals surface area contributed by atoms with Gasteiger partial charge >= 0.3 is 5.97 Å². The summed E-state index contributed by atoms with van der Waals surface area (Å²) in [5.74, 6) is -1.02. The number of anilines is 1. The number of carbonyl (C=O) groups is 1. The van der Waals surface area contributed by atoms with Crippen LogP contribution in [0.25, 0.3) is 0 Å². The van der Waals surface area contributed by atoms with Crippen LogP contribution in [0.1, 0.15) is 54.5 Å². The summed E-state index contributed by atoms with van der Waals surface area (Å²) in [7, 11) is 0. The highest BCUT2D eigenvalue weighted by Crippen LogP contribution is 2.46. The minimum absolute atomic E-state index is 0.0275. The number of nitrogens with zero attached hydrogens (tertiary/aromatic N) is 1. The number of carboxylic acids is 1. The number of hydrogen-bond acceptors (Lipinski definition) is 4. The Morgan fingerprint density at radius 3 is 2.62 bits per heavy atom. The average molecular weight is 240 g/mol. The third-order valence-corrected chi connectivity index (χ3v) is 4.68. The number of aromatic nitrogens is 1. The van der Waals surface area contributed by atoms with E-state index in [9.17, 15) is 4.79 Å². The molecule has 4 nitrogen and oxygen atoms in total. The highest BCUT2D eigenvalue weighted by atomic mass is 32.1. The first-order valence-corrected chi connectivity index (χ1v) is 6.41. The molecule has 88 valence electrons. The van der Waals surface area contributed by atoms with Gasteiger partial charge in [-0.05, 0) is 19.3 Å². The highest BCUT2D eigenvalue weighted by molar-refractivity contribution is 7.16. The molecule has 0 bridgehead atoms. The Labute approximate surface area is 98.5 Å². The summed E-state index contributed by atoms with van der Waals surface area (Å²) >= 11 is 1.35. The van der Waals surface area contributed by atoms with Crippen molar-refractivity contribution in [1.29, 1.82) is 0 Å². The number of hydrogen-bond donors (Lipinski definition) is 2. The quantitative estimate of drug-likeness (QED) is 0.851. The van der Waals surface area contributed by atoms with Gasteiger partial charge in [0.2, 0.25) is 0 Å². The summed E-state index contributed by atoms with van der Waals surface area (Å²) in [6.45, 7) is 2.14. The summed E-state index contributed by atoms with van der Waals surface area (Å²) in [5, 5.41) is 10.2. The van der Waals surface area contributed by atoms with Gasteiger partial charge in [-0.15, -0.1) is 11.3 Å². The van der Waals surface area contributed by atoms with Gasteiger partial charge in [0.05, 0.1) is 0 Å². The second kappa shape index (κ2) is 4.05. The second-order valence-corrected chi connectivity index (χ2v) is 5.41. The summed E-state index contributed by atoms with van der Waals surface area (Å²) in [4.78, 5) is 15.1. The number of nitrogens with two attached hydrogens (primary N) is 1. The van der Waals surface area contributed by atoms with E-state index in [-0.39, 0.29) is 11.1 Å². The average Bonchev–Trinajstić information content (AvgIpc) is 2.84. The van der Waals surface area contributed by atoms with Crippen LogP contribution in [-0.4, -0.2) is 16.1 Å². The lowest BCUT2D eigenvalue weighted by molar-refractivity contribution is 0.0692. The minimum Gasteiger partial charge on any atom is -0.476 e. The first kappa shape index (κ1) is 11.4. The zero-order chi connectivity index (χ0) is 11.8. The summed E-state index contributed by atoms with van der Waals surface area (Å²) in [6, 6.07) is 0. The van der Waals surface area contributed by atoms with Gasteiger partial charge in [0.1, 0.15) is 10.0 Å². The molecule has 1 fully saturated rings. The van der Waals surface area contributed by atoms with Crippen LogP contribution in [-0.2, 0) is 5.41 Å². The van der Waals surface area contributed by atoms with Crippen molar-refractivity contribution in [2.75, 3.05) is 5.73 Å². The normalized spacial score (nSPS) is 18.8. The van der Waals surface area contributed by atoms with Gasteiger partial charge in [0.25, 0.3) is 0 Å². The van der Waals surface area contributed by atoms with Crippen LogP contribution in [0.2, 0.25) is 0 Å². The number of rotatable bonds is 3. The van der Waals surface area contributed by atoms with Crippen LogP contribution in [0.3, 0.4) is 0 Å². The number of thiazole rings is 1. The van der Waals surface area contributed by atoms with Crippen molar-refractivity contribution in [3.8, 4) is 0 Å². The molecule has 0 unspecified atom stereocenters. The van der Waals surface area contributed by atoms with Gasteiger partial charge in [-0.1, -0.05) is 19.8 Å². The molecule has 1 heterocycles. The monoisotopic (exact) mass is 240 g/mol. The molecular formula is C11H16N2O2S. The van der Waals surface area contributed by atoms with Crippen LogP contribution in [0.5, 0.6) is 0 Å². The van der Waals surface area contributed by atoms with E-state index in [4.69, 9.17) is 10.8 Å². The molecule has 16 heavy (non-hydrogen) atoms. The zero-order valence-electron chi connectivity index (χ0n) is 9.32. The predicted octanol–water partition coefficient (Wildman–Crippen LogP) is 2.65. The molecular weight excluding hydrogens is 224 g/mol. The second-order valence-electron chi connectivity index (χ2n) is 4.38. The molecule has 0 aliphatic heterocycles. The van der Waals surface area contributed by atoms with Crippen LogP contribution in [0, 0.1) is 0 Å². The molecule has 3 N–H and O–H groups in total. The number of nitrogen functional groups attached to an aromatic ring is 1.